The van der Waals surface area contributed by atoms with E-state index in [4.69, 9.17) is 4.42 Å². The fraction of sp³-hybridized carbons (Fsp3) is 0.250. The van der Waals surface area contributed by atoms with Crippen LogP contribution in [0.25, 0.3) is 0 Å². The molecule has 2 heterocycles. The van der Waals surface area contributed by atoms with Crippen LogP contribution in [0.15, 0.2) is 50.0 Å². The van der Waals surface area contributed by atoms with Crippen LogP contribution >= 0.6 is 27.3 Å². The number of halogens is 1. The molecule has 114 valence electrons. The zero-order chi connectivity index (χ0) is 15.4. The predicted octanol–water partition coefficient (Wildman–Crippen LogP) is 4.12. The van der Waals surface area contributed by atoms with Gasteiger partial charge in [-0.2, -0.15) is 0 Å². The zero-order valence-corrected chi connectivity index (χ0v) is 14.6. The Morgan fingerprint density at radius 1 is 1.09 bits per heavy atom. The molecule has 3 rings (SSSR count). The van der Waals surface area contributed by atoms with Crippen LogP contribution in [0, 0.1) is 0 Å². The van der Waals surface area contributed by atoms with E-state index in [1.165, 1.54) is 11.1 Å². The third-order valence-corrected chi connectivity index (χ3v) is 4.74. The lowest BCUT2D eigenvalue weighted by Gasteiger charge is -2.12. The Morgan fingerprint density at radius 2 is 1.86 bits per heavy atom. The topological polar surface area (TPSA) is 42.2 Å². The highest BCUT2D eigenvalue weighted by molar-refractivity contribution is 9.11. The molecule has 0 fully saturated rings. The van der Waals surface area contributed by atoms with Gasteiger partial charge < -0.3 is 4.42 Å². The fourth-order valence-electron chi connectivity index (χ4n) is 2.22. The molecule has 1 aromatic carbocycles. The molecule has 0 saturated heterocycles. The third kappa shape index (κ3) is 4.25. The monoisotopic (exact) mass is 377 g/mol. The Balaban J connectivity index is 1.57. The second-order valence-electron chi connectivity index (χ2n) is 5.18. The van der Waals surface area contributed by atoms with Gasteiger partial charge in [0.25, 0.3) is 0 Å². The van der Waals surface area contributed by atoms with Gasteiger partial charge in [0.1, 0.15) is 0 Å². The lowest BCUT2D eigenvalue weighted by atomic mass is 10.2. The van der Waals surface area contributed by atoms with E-state index in [0.717, 1.165) is 10.3 Å². The fourth-order valence-corrected chi connectivity index (χ4v) is 3.42. The Morgan fingerprint density at radius 3 is 2.59 bits per heavy atom. The van der Waals surface area contributed by atoms with Crippen molar-refractivity contribution in [1.82, 2.24) is 15.1 Å². The summed E-state index contributed by atoms with van der Waals surface area (Å²) in [6, 6.07) is 12.3. The maximum Gasteiger partial charge on any atom is 0.230 e. The highest BCUT2D eigenvalue weighted by atomic mass is 79.9. The minimum atomic E-state index is 0.648. The average Bonchev–Trinajstić information content (AvgIpc) is 3.09. The molecule has 6 heteroatoms. The molecule has 0 bridgehead atoms. The predicted molar refractivity (Wildman–Crippen MR) is 90.7 cm³/mol. The summed E-state index contributed by atoms with van der Waals surface area (Å²) in [5, 5.41) is 10.4. The first-order valence-electron chi connectivity index (χ1n) is 6.95. The van der Waals surface area contributed by atoms with Crippen LogP contribution in [-0.4, -0.2) is 22.1 Å². The Kier molecular flexibility index (Phi) is 5.02. The number of thiophene rings is 1. The Bertz CT molecular complexity index is 726. The molecule has 0 spiro atoms. The van der Waals surface area contributed by atoms with Crippen molar-refractivity contribution in [3.8, 4) is 0 Å². The molecule has 0 unspecified atom stereocenters. The van der Waals surface area contributed by atoms with Crippen LogP contribution in [-0.2, 0) is 19.5 Å². The van der Waals surface area contributed by atoms with E-state index in [1.54, 1.807) is 11.3 Å². The van der Waals surface area contributed by atoms with E-state index in [9.17, 15) is 0 Å². The number of nitrogens with zero attached hydrogens (tertiary/aromatic N) is 3. The second kappa shape index (κ2) is 7.17. The minimum Gasteiger partial charge on any atom is -0.424 e. The van der Waals surface area contributed by atoms with Gasteiger partial charge in [-0.25, -0.2) is 0 Å². The van der Waals surface area contributed by atoms with Crippen LogP contribution in [0.1, 0.15) is 22.9 Å². The largest absolute Gasteiger partial charge is 0.424 e. The summed E-state index contributed by atoms with van der Waals surface area (Å²) in [6.45, 7) is 1.51. The number of hydrogen-bond acceptors (Lipinski definition) is 5. The molecule has 4 nitrogen and oxygen atoms in total. The summed E-state index contributed by atoms with van der Waals surface area (Å²) < 4.78 is 6.88. The highest BCUT2D eigenvalue weighted by Gasteiger charge is 2.10. The standard InChI is InChI=1S/C16H16BrN3OS/c1-20(9-13-7-14(17)22-11-13)10-16-19-18-15(21-16)8-12-5-3-2-4-6-12/h2-7,11H,8-10H2,1H3. The van der Waals surface area contributed by atoms with Crippen LogP contribution in [0.3, 0.4) is 0 Å². The normalized spacial score (nSPS) is 11.2. The van der Waals surface area contributed by atoms with Gasteiger partial charge in [-0.05, 0) is 45.6 Å². The van der Waals surface area contributed by atoms with Crippen molar-refractivity contribution in [3.05, 3.63) is 68.5 Å². The van der Waals surface area contributed by atoms with Gasteiger partial charge in [0.15, 0.2) is 0 Å². The molecular weight excluding hydrogens is 362 g/mol. The lowest BCUT2D eigenvalue weighted by Crippen LogP contribution is -2.17. The van der Waals surface area contributed by atoms with Crippen molar-refractivity contribution in [2.75, 3.05) is 7.05 Å². The van der Waals surface area contributed by atoms with Crippen LogP contribution in [0.5, 0.6) is 0 Å². The summed E-state index contributed by atoms with van der Waals surface area (Å²) in [5.41, 5.74) is 2.46. The Labute approximate surface area is 141 Å². The molecule has 22 heavy (non-hydrogen) atoms. The molecule has 0 N–H and O–H groups in total. The zero-order valence-electron chi connectivity index (χ0n) is 12.2. The Hall–Kier alpha value is -1.50. The van der Waals surface area contributed by atoms with E-state index in [0.29, 0.717) is 24.7 Å². The van der Waals surface area contributed by atoms with Crippen molar-refractivity contribution in [2.45, 2.75) is 19.5 Å². The maximum absolute atomic E-state index is 5.73. The maximum atomic E-state index is 5.73. The highest BCUT2D eigenvalue weighted by Crippen LogP contribution is 2.21. The first-order chi connectivity index (χ1) is 10.7. The number of benzene rings is 1. The third-order valence-electron chi connectivity index (χ3n) is 3.19. The van der Waals surface area contributed by atoms with Gasteiger partial charge in [-0.3, -0.25) is 4.90 Å². The number of hydrogen-bond donors (Lipinski definition) is 0. The van der Waals surface area contributed by atoms with Gasteiger partial charge in [-0.15, -0.1) is 21.5 Å². The van der Waals surface area contributed by atoms with Gasteiger partial charge in [0, 0.05) is 6.54 Å². The lowest BCUT2D eigenvalue weighted by molar-refractivity contribution is 0.278. The van der Waals surface area contributed by atoms with Crippen LogP contribution in [0.2, 0.25) is 0 Å². The molecule has 0 atom stereocenters. The van der Waals surface area contributed by atoms with Crippen LogP contribution < -0.4 is 0 Å². The summed E-state index contributed by atoms with van der Waals surface area (Å²) >= 11 is 5.18. The molecule has 0 radical (unpaired) electrons. The molecule has 2 aromatic heterocycles. The van der Waals surface area contributed by atoms with E-state index >= 15 is 0 Å². The van der Waals surface area contributed by atoms with E-state index < -0.39 is 0 Å². The summed E-state index contributed by atoms with van der Waals surface area (Å²) in [4.78, 5) is 2.16. The first-order valence-corrected chi connectivity index (χ1v) is 8.63. The van der Waals surface area contributed by atoms with Crippen molar-refractivity contribution in [2.24, 2.45) is 0 Å². The SMILES string of the molecule is CN(Cc1csc(Br)c1)Cc1nnc(Cc2ccccc2)o1. The minimum absolute atomic E-state index is 0.648. The average molecular weight is 378 g/mol. The first kappa shape index (κ1) is 15.4. The second-order valence-corrected chi connectivity index (χ2v) is 7.47. The molecule has 3 aromatic rings. The summed E-state index contributed by atoms with van der Waals surface area (Å²) in [7, 11) is 2.05. The molecule has 0 saturated carbocycles. The van der Waals surface area contributed by atoms with Gasteiger partial charge in [-0.1, -0.05) is 30.3 Å². The molecule has 0 amide bonds. The number of rotatable bonds is 6. The molecule has 0 aliphatic rings. The van der Waals surface area contributed by atoms with Crippen molar-refractivity contribution in [1.29, 1.82) is 0 Å². The van der Waals surface area contributed by atoms with Gasteiger partial charge in [0.2, 0.25) is 11.8 Å². The molecule has 0 aliphatic carbocycles. The van der Waals surface area contributed by atoms with Crippen LogP contribution in [0.4, 0.5) is 0 Å². The van der Waals surface area contributed by atoms with E-state index in [-0.39, 0.29) is 0 Å². The van der Waals surface area contributed by atoms with E-state index in [2.05, 4.69) is 54.6 Å². The van der Waals surface area contributed by atoms with E-state index in [1.807, 2.05) is 25.2 Å². The number of aromatic nitrogens is 2. The molecule has 0 aliphatic heterocycles. The smallest absolute Gasteiger partial charge is 0.230 e. The van der Waals surface area contributed by atoms with Gasteiger partial charge in [0.05, 0.1) is 16.8 Å². The summed E-state index contributed by atoms with van der Waals surface area (Å²) in [5.74, 6) is 1.32. The van der Waals surface area contributed by atoms with Crippen molar-refractivity contribution in [3.63, 3.8) is 0 Å². The van der Waals surface area contributed by atoms with Gasteiger partial charge >= 0.3 is 0 Å². The van der Waals surface area contributed by atoms with Crippen molar-refractivity contribution >= 4 is 27.3 Å². The molecular formula is C16H16BrN3OS. The summed E-state index contributed by atoms with van der Waals surface area (Å²) in [6.07, 6.45) is 0.676. The quantitative estimate of drug-likeness (QED) is 0.647. The van der Waals surface area contributed by atoms with Crippen molar-refractivity contribution < 1.29 is 4.42 Å².